The van der Waals surface area contributed by atoms with Crippen molar-refractivity contribution in [1.29, 1.82) is 0 Å². The third-order valence-electron chi connectivity index (χ3n) is 5.59. The Bertz CT molecular complexity index is 476. The number of esters is 1. The average Bonchev–Trinajstić information content (AvgIpc) is 2.44. The predicted molar refractivity (Wildman–Crippen MR) is 75.1 cm³/mol. The standard InChI is InChI=1S/C17H21NO2/c19-16(15-1-3-18-4-2-15)20-11-17-8-12-5-13(9-17)7-14(6-12)10-17/h1-4,12-14H,5-11H2. The number of rotatable bonds is 3. The molecule has 20 heavy (non-hydrogen) atoms. The van der Waals surface area contributed by atoms with Crippen LogP contribution >= 0.6 is 0 Å². The lowest BCUT2D eigenvalue weighted by Crippen LogP contribution is -2.48. The van der Waals surface area contributed by atoms with E-state index in [0.717, 1.165) is 17.8 Å². The van der Waals surface area contributed by atoms with Gasteiger partial charge in [0.2, 0.25) is 0 Å². The van der Waals surface area contributed by atoms with Crippen LogP contribution in [0.3, 0.4) is 0 Å². The normalized spacial score (nSPS) is 37.9. The Morgan fingerprint density at radius 2 is 1.65 bits per heavy atom. The molecule has 4 aliphatic carbocycles. The van der Waals surface area contributed by atoms with Crippen molar-refractivity contribution in [2.45, 2.75) is 38.5 Å². The topological polar surface area (TPSA) is 39.2 Å². The molecule has 1 aromatic heterocycles. The summed E-state index contributed by atoms with van der Waals surface area (Å²) in [7, 11) is 0. The number of hydrogen-bond acceptors (Lipinski definition) is 3. The summed E-state index contributed by atoms with van der Waals surface area (Å²) in [5, 5.41) is 0. The summed E-state index contributed by atoms with van der Waals surface area (Å²) >= 11 is 0. The molecule has 1 aromatic rings. The summed E-state index contributed by atoms with van der Waals surface area (Å²) in [5.41, 5.74) is 0.919. The van der Waals surface area contributed by atoms with Gasteiger partial charge in [-0.25, -0.2) is 4.79 Å². The molecule has 0 aromatic carbocycles. The number of carbonyl (C=O) groups is 1. The maximum absolute atomic E-state index is 12.1. The van der Waals surface area contributed by atoms with Crippen molar-refractivity contribution in [1.82, 2.24) is 4.98 Å². The summed E-state index contributed by atoms with van der Waals surface area (Å²) in [6.07, 6.45) is 11.4. The molecule has 4 saturated carbocycles. The van der Waals surface area contributed by atoms with Gasteiger partial charge in [-0.1, -0.05) is 0 Å². The molecule has 0 atom stereocenters. The molecule has 5 rings (SSSR count). The Morgan fingerprint density at radius 1 is 1.10 bits per heavy atom. The molecule has 3 heteroatoms. The van der Waals surface area contributed by atoms with Gasteiger partial charge in [-0.05, 0) is 68.4 Å². The minimum absolute atomic E-state index is 0.192. The molecule has 4 fully saturated rings. The van der Waals surface area contributed by atoms with E-state index in [1.165, 1.54) is 38.5 Å². The Morgan fingerprint density at radius 3 is 2.20 bits per heavy atom. The van der Waals surface area contributed by atoms with Gasteiger partial charge in [-0.3, -0.25) is 4.98 Å². The Hall–Kier alpha value is -1.38. The van der Waals surface area contributed by atoms with Gasteiger partial charge >= 0.3 is 5.97 Å². The first-order valence-electron chi connectivity index (χ1n) is 7.80. The lowest BCUT2D eigenvalue weighted by atomic mass is 9.50. The molecule has 3 nitrogen and oxygen atoms in total. The summed E-state index contributed by atoms with van der Waals surface area (Å²) < 4.78 is 5.65. The fraction of sp³-hybridized carbons (Fsp3) is 0.647. The second-order valence-corrected chi connectivity index (χ2v) is 7.23. The van der Waals surface area contributed by atoms with Crippen LogP contribution in [-0.2, 0) is 4.74 Å². The Balaban J connectivity index is 1.43. The lowest BCUT2D eigenvalue weighted by Gasteiger charge is -2.56. The smallest absolute Gasteiger partial charge is 0.338 e. The molecule has 4 bridgehead atoms. The largest absolute Gasteiger partial charge is 0.462 e. The molecule has 0 aliphatic heterocycles. The van der Waals surface area contributed by atoms with Gasteiger partial charge in [-0.2, -0.15) is 0 Å². The zero-order valence-electron chi connectivity index (χ0n) is 11.8. The Kier molecular flexibility index (Phi) is 2.83. The van der Waals surface area contributed by atoms with Gasteiger partial charge in [-0.15, -0.1) is 0 Å². The minimum atomic E-state index is -0.192. The predicted octanol–water partition coefficient (Wildman–Crippen LogP) is 3.45. The molecule has 4 aliphatic rings. The molecule has 0 saturated heterocycles. The maximum Gasteiger partial charge on any atom is 0.338 e. The van der Waals surface area contributed by atoms with Crippen molar-refractivity contribution in [3.63, 3.8) is 0 Å². The fourth-order valence-corrected chi connectivity index (χ4v) is 5.26. The molecule has 0 spiro atoms. The van der Waals surface area contributed by atoms with Crippen molar-refractivity contribution < 1.29 is 9.53 Å². The zero-order chi connectivity index (χ0) is 13.6. The van der Waals surface area contributed by atoms with Crippen molar-refractivity contribution in [2.24, 2.45) is 23.2 Å². The summed E-state index contributed by atoms with van der Waals surface area (Å²) in [6.45, 7) is 0.623. The Labute approximate surface area is 119 Å². The van der Waals surface area contributed by atoms with E-state index < -0.39 is 0 Å². The van der Waals surface area contributed by atoms with Gasteiger partial charge in [0.05, 0.1) is 12.2 Å². The summed E-state index contributed by atoms with van der Waals surface area (Å²) in [6, 6.07) is 3.45. The highest BCUT2D eigenvalue weighted by atomic mass is 16.5. The van der Waals surface area contributed by atoms with Crippen LogP contribution < -0.4 is 0 Å². The van der Waals surface area contributed by atoms with Gasteiger partial charge in [0.25, 0.3) is 0 Å². The number of aromatic nitrogens is 1. The first-order valence-corrected chi connectivity index (χ1v) is 7.80. The van der Waals surface area contributed by atoms with E-state index in [9.17, 15) is 4.79 Å². The van der Waals surface area contributed by atoms with Crippen LogP contribution in [-0.4, -0.2) is 17.6 Å². The number of ether oxygens (including phenoxy) is 1. The minimum Gasteiger partial charge on any atom is -0.462 e. The van der Waals surface area contributed by atoms with Crippen molar-refractivity contribution >= 4 is 5.97 Å². The fourth-order valence-electron chi connectivity index (χ4n) is 5.26. The highest BCUT2D eigenvalue weighted by Gasteiger charge is 2.51. The number of carbonyl (C=O) groups excluding carboxylic acids is 1. The molecule has 0 amide bonds. The third kappa shape index (κ3) is 2.13. The monoisotopic (exact) mass is 271 g/mol. The van der Waals surface area contributed by atoms with Crippen LogP contribution in [0.2, 0.25) is 0 Å². The van der Waals surface area contributed by atoms with Crippen LogP contribution in [0.4, 0.5) is 0 Å². The van der Waals surface area contributed by atoms with E-state index in [2.05, 4.69) is 4.98 Å². The van der Waals surface area contributed by atoms with E-state index >= 15 is 0 Å². The number of hydrogen-bond donors (Lipinski definition) is 0. The van der Waals surface area contributed by atoms with E-state index in [-0.39, 0.29) is 5.97 Å². The molecular formula is C17H21NO2. The van der Waals surface area contributed by atoms with E-state index in [1.807, 2.05) is 0 Å². The van der Waals surface area contributed by atoms with Crippen LogP contribution in [0.25, 0.3) is 0 Å². The highest BCUT2D eigenvalue weighted by molar-refractivity contribution is 5.89. The molecule has 0 radical (unpaired) electrons. The van der Waals surface area contributed by atoms with E-state index in [0.29, 0.717) is 17.6 Å². The van der Waals surface area contributed by atoms with Crippen molar-refractivity contribution in [3.05, 3.63) is 30.1 Å². The van der Waals surface area contributed by atoms with Gasteiger partial charge in [0.15, 0.2) is 0 Å². The average molecular weight is 271 g/mol. The molecule has 1 heterocycles. The van der Waals surface area contributed by atoms with Gasteiger partial charge in [0, 0.05) is 17.8 Å². The quantitative estimate of drug-likeness (QED) is 0.790. The second kappa shape index (κ2) is 4.57. The summed E-state index contributed by atoms with van der Waals surface area (Å²) in [4.78, 5) is 16.0. The highest BCUT2D eigenvalue weighted by Crippen LogP contribution is 2.60. The number of pyridine rings is 1. The first kappa shape index (κ1) is 12.4. The van der Waals surface area contributed by atoms with Gasteiger partial charge < -0.3 is 4.74 Å². The van der Waals surface area contributed by atoms with E-state index in [1.54, 1.807) is 24.5 Å². The van der Waals surface area contributed by atoms with Crippen LogP contribution in [0.1, 0.15) is 48.9 Å². The molecule has 0 N–H and O–H groups in total. The first-order chi connectivity index (χ1) is 9.72. The van der Waals surface area contributed by atoms with Gasteiger partial charge in [0.1, 0.15) is 0 Å². The van der Waals surface area contributed by atoms with Crippen molar-refractivity contribution in [3.8, 4) is 0 Å². The number of nitrogens with zero attached hydrogens (tertiary/aromatic N) is 1. The molecule has 106 valence electrons. The molecular weight excluding hydrogens is 250 g/mol. The zero-order valence-corrected chi connectivity index (χ0v) is 11.8. The second-order valence-electron chi connectivity index (χ2n) is 7.23. The van der Waals surface area contributed by atoms with Crippen LogP contribution in [0, 0.1) is 23.2 Å². The van der Waals surface area contributed by atoms with Crippen molar-refractivity contribution in [2.75, 3.05) is 6.61 Å². The maximum atomic E-state index is 12.1. The third-order valence-corrected chi connectivity index (χ3v) is 5.59. The van der Waals surface area contributed by atoms with Crippen LogP contribution in [0.5, 0.6) is 0 Å². The van der Waals surface area contributed by atoms with E-state index in [4.69, 9.17) is 4.74 Å². The SMILES string of the molecule is O=C(OCC12CC3CC(CC(C3)C1)C2)c1ccncc1. The van der Waals surface area contributed by atoms with Crippen LogP contribution in [0.15, 0.2) is 24.5 Å². The lowest BCUT2D eigenvalue weighted by molar-refractivity contribution is -0.0848. The summed E-state index contributed by atoms with van der Waals surface area (Å²) in [5.74, 6) is 2.52. The molecule has 0 unspecified atom stereocenters.